The van der Waals surface area contributed by atoms with E-state index in [1.165, 1.54) is 48.5 Å². The lowest BCUT2D eigenvalue weighted by atomic mass is 9.56. The van der Waals surface area contributed by atoms with E-state index in [0.717, 1.165) is 4.90 Å². The van der Waals surface area contributed by atoms with Gasteiger partial charge in [0.1, 0.15) is 5.69 Å². The van der Waals surface area contributed by atoms with Crippen LogP contribution in [0, 0.1) is 46.8 Å². The van der Waals surface area contributed by atoms with Crippen LogP contribution in [0.25, 0.3) is 0 Å². The predicted molar refractivity (Wildman–Crippen MR) is 195 cm³/mol. The molecule has 4 aromatic rings. The fourth-order valence-corrected chi connectivity index (χ4v) is 9.66. The summed E-state index contributed by atoms with van der Waals surface area (Å²) in [4.78, 5) is 65.6. The summed E-state index contributed by atoms with van der Waals surface area (Å²) >= 11 is 14.4. The van der Waals surface area contributed by atoms with Crippen LogP contribution in [0.15, 0.2) is 84.4 Å². The zero-order valence-corrected chi connectivity index (χ0v) is 30.9. The molecule has 2 aliphatic carbocycles. The molecule has 9 nitrogen and oxygen atoms in total. The van der Waals surface area contributed by atoms with Gasteiger partial charge in [-0.25, -0.2) is 26.9 Å². The van der Waals surface area contributed by atoms with E-state index >= 15 is 8.78 Å². The molecule has 4 aliphatic rings. The number of phenols is 1. The van der Waals surface area contributed by atoms with Crippen LogP contribution < -0.4 is 14.5 Å². The van der Waals surface area contributed by atoms with Gasteiger partial charge in [0.2, 0.25) is 17.6 Å². The molecule has 6 atom stereocenters. The summed E-state index contributed by atoms with van der Waals surface area (Å²) in [5.41, 5.74) is -1.13. The van der Waals surface area contributed by atoms with Crippen molar-refractivity contribution in [3.8, 4) is 11.5 Å². The van der Waals surface area contributed by atoms with Crippen LogP contribution in [-0.2, 0) is 19.2 Å². The minimum Gasteiger partial charge on any atom is -0.504 e. The molecule has 2 heterocycles. The number of nitrogens with zero attached hydrogens (tertiary/aromatic N) is 2. The predicted octanol–water partition coefficient (Wildman–Crippen LogP) is 7.49. The highest BCUT2D eigenvalue weighted by Crippen LogP contribution is 2.67. The van der Waals surface area contributed by atoms with Crippen LogP contribution in [0.2, 0.25) is 0 Å². The Morgan fingerprint density at radius 2 is 1.39 bits per heavy atom. The Morgan fingerprint density at radius 3 is 2.02 bits per heavy atom. The van der Waals surface area contributed by atoms with Crippen molar-refractivity contribution in [1.29, 1.82) is 0 Å². The quantitative estimate of drug-likeness (QED) is 0.0390. The fourth-order valence-electron chi connectivity index (χ4n) is 8.73. The number of allylic oxidation sites excluding steroid dienone is 2. The summed E-state index contributed by atoms with van der Waals surface area (Å²) in [6.45, 7) is 1.67. The Hall–Kier alpha value is -5.60. The first-order valence-electron chi connectivity index (χ1n) is 17.6. The summed E-state index contributed by atoms with van der Waals surface area (Å²) in [5.74, 6) is -23.4. The summed E-state index contributed by atoms with van der Waals surface area (Å²) in [6.07, 6.45) is 0.677. The topological polar surface area (TPSA) is 121 Å². The number of amides is 4. The highest BCUT2D eigenvalue weighted by Gasteiger charge is 2.77. The molecule has 0 spiro atoms. The monoisotopic (exact) mass is 824 g/mol. The highest BCUT2D eigenvalue weighted by atomic mass is 35.5. The van der Waals surface area contributed by atoms with Crippen molar-refractivity contribution in [3.63, 3.8) is 0 Å². The van der Waals surface area contributed by atoms with Gasteiger partial charge in [-0.3, -0.25) is 28.9 Å². The van der Waals surface area contributed by atoms with Crippen molar-refractivity contribution in [1.82, 2.24) is 0 Å². The zero-order chi connectivity index (χ0) is 40.9. The molecule has 1 saturated carbocycles. The molecule has 57 heavy (non-hydrogen) atoms. The molecule has 4 amide bonds. The first-order chi connectivity index (χ1) is 27.1. The lowest BCUT2D eigenvalue weighted by Crippen LogP contribution is -2.60. The number of ether oxygens (including phenoxy) is 1. The number of phenolic OH excluding ortho intramolecular Hbond substituents is 1. The number of ketones is 1. The van der Waals surface area contributed by atoms with Crippen molar-refractivity contribution in [2.24, 2.45) is 17.8 Å². The number of alkyl halides is 2. The van der Waals surface area contributed by atoms with Crippen LogP contribution in [0.3, 0.4) is 0 Å². The van der Waals surface area contributed by atoms with Gasteiger partial charge >= 0.3 is 0 Å². The standard InChI is InChI=1S/C41H27Cl2F5N2O7/c1-2-57-25-10-6-9-23(35(25)52)27-21-15-16-22-26(37(54)49(36(22)53)20-13-11-19(12-14-20)34(51)18-7-4-3-5-8-18)24(21)17-40(42)38(55)50(39(56)41(27,40)43)33-31(47)29(45)28(44)30(46)32(33)48/h3-15,22,24,26-27,52H,2,16-17H2,1H3. The average molecular weight is 826 g/mol. The smallest absolute Gasteiger partial charge is 0.258 e. The van der Waals surface area contributed by atoms with Crippen LogP contribution in [0.4, 0.5) is 33.3 Å². The molecule has 6 unspecified atom stereocenters. The number of hydrogen-bond acceptors (Lipinski definition) is 7. The van der Waals surface area contributed by atoms with E-state index in [4.69, 9.17) is 27.9 Å². The molecule has 0 bridgehead atoms. The van der Waals surface area contributed by atoms with E-state index in [2.05, 4.69) is 0 Å². The molecular weight excluding hydrogens is 798 g/mol. The fraction of sp³-hybridized carbons (Fsp3) is 0.244. The second-order valence-electron chi connectivity index (χ2n) is 14.1. The van der Waals surface area contributed by atoms with Crippen molar-refractivity contribution >= 4 is 64.0 Å². The van der Waals surface area contributed by atoms with Crippen LogP contribution in [0.1, 0.15) is 47.2 Å². The lowest BCUT2D eigenvalue weighted by molar-refractivity contribution is -0.125. The number of anilines is 2. The van der Waals surface area contributed by atoms with E-state index in [0.29, 0.717) is 5.56 Å². The van der Waals surface area contributed by atoms with Gasteiger partial charge in [0, 0.05) is 22.6 Å². The van der Waals surface area contributed by atoms with Gasteiger partial charge in [-0.2, -0.15) is 0 Å². The van der Waals surface area contributed by atoms with E-state index in [1.807, 2.05) is 0 Å². The van der Waals surface area contributed by atoms with E-state index in [-0.39, 0.29) is 51.8 Å². The van der Waals surface area contributed by atoms with Gasteiger partial charge in [0.15, 0.2) is 50.3 Å². The second kappa shape index (κ2) is 13.5. The SMILES string of the molecule is CCOc1cccc(C2C3=CCC4C(=O)N(c5ccc(C(=O)c6ccccc6)cc5)C(=O)C4C3CC3(Cl)C(=O)N(c4c(F)c(F)c(F)c(F)c4F)C(=O)C23Cl)c1O. The third-order valence-electron chi connectivity index (χ3n) is 11.3. The number of rotatable bonds is 7. The Labute approximate surface area is 330 Å². The van der Waals surface area contributed by atoms with Crippen LogP contribution in [-0.4, -0.2) is 50.9 Å². The Balaban J connectivity index is 1.25. The zero-order valence-electron chi connectivity index (χ0n) is 29.4. The molecule has 2 aliphatic heterocycles. The molecule has 8 rings (SSSR count). The number of carbonyl (C=O) groups excluding carboxylic acids is 5. The van der Waals surface area contributed by atoms with Gasteiger partial charge in [0.25, 0.3) is 11.8 Å². The number of halogens is 7. The van der Waals surface area contributed by atoms with Gasteiger partial charge in [0.05, 0.1) is 24.1 Å². The van der Waals surface area contributed by atoms with Gasteiger partial charge in [-0.1, -0.05) is 54.1 Å². The summed E-state index contributed by atoms with van der Waals surface area (Å²) in [7, 11) is 0. The van der Waals surface area contributed by atoms with Gasteiger partial charge < -0.3 is 9.84 Å². The second-order valence-corrected chi connectivity index (χ2v) is 15.3. The number of hydrogen-bond donors (Lipinski definition) is 1. The van der Waals surface area contributed by atoms with Crippen molar-refractivity contribution in [3.05, 3.63) is 130 Å². The average Bonchev–Trinajstić information content (AvgIpc) is 3.55. The maximum atomic E-state index is 15.3. The van der Waals surface area contributed by atoms with Crippen molar-refractivity contribution in [2.45, 2.75) is 35.4 Å². The lowest BCUT2D eigenvalue weighted by Gasteiger charge is -2.50. The van der Waals surface area contributed by atoms with Crippen LogP contribution in [0.5, 0.6) is 11.5 Å². The first kappa shape index (κ1) is 38.3. The summed E-state index contributed by atoms with van der Waals surface area (Å²) in [6, 6.07) is 18.3. The minimum absolute atomic E-state index is 0.0570. The molecule has 0 radical (unpaired) electrons. The molecule has 2 saturated heterocycles. The summed E-state index contributed by atoms with van der Waals surface area (Å²) in [5, 5.41) is 11.5. The molecule has 3 fully saturated rings. The van der Waals surface area contributed by atoms with E-state index in [1.54, 1.807) is 37.3 Å². The molecule has 16 heteroatoms. The number of para-hydroxylation sites is 1. The molecule has 0 aromatic heterocycles. The third-order valence-corrected chi connectivity index (χ3v) is 12.7. The van der Waals surface area contributed by atoms with Crippen molar-refractivity contribution in [2.75, 3.05) is 16.4 Å². The van der Waals surface area contributed by atoms with Gasteiger partial charge in [-0.15, -0.1) is 23.2 Å². The Bertz CT molecular complexity index is 2460. The number of benzene rings is 4. The highest BCUT2D eigenvalue weighted by molar-refractivity contribution is 6.58. The van der Waals surface area contributed by atoms with E-state index < -0.39 is 104 Å². The Morgan fingerprint density at radius 1 is 0.772 bits per heavy atom. The minimum atomic E-state index is -2.82. The number of fused-ring (bicyclic) bond motifs is 4. The van der Waals surface area contributed by atoms with Crippen molar-refractivity contribution < 1.29 is 55.8 Å². The molecule has 292 valence electrons. The third kappa shape index (κ3) is 5.22. The molecular formula is C41H27Cl2F5N2O7. The van der Waals surface area contributed by atoms with Crippen LogP contribution >= 0.6 is 23.2 Å². The van der Waals surface area contributed by atoms with E-state index in [9.17, 15) is 42.3 Å². The first-order valence-corrected chi connectivity index (χ1v) is 18.4. The molecule has 1 N–H and O–H groups in total. The largest absolute Gasteiger partial charge is 0.504 e. The summed E-state index contributed by atoms with van der Waals surface area (Å²) < 4.78 is 79.5. The maximum Gasteiger partial charge on any atom is 0.258 e. The number of carbonyl (C=O) groups is 5. The number of imide groups is 2. The van der Waals surface area contributed by atoms with Gasteiger partial charge in [-0.05, 0) is 56.0 Å². The maximum absolute atomic E-state index is 15.3. The molecule has 4 aromatic carbocycles. The number of aromatic hydroxyl groups is 1. The Kier molecular flexibility index (Phi) is 9.08. The normalized spacial score (nSPS) is 26.6.